The molecule has 0 fully saturated rings. The van der Waals surface area contributed by atoms with Crippen LogP contribution < -0.4 is 0 Å². The van der Waals surface area contributed by atoms with E-state index in [1.807, 2.05) is 24.3 Å². The molecule has 0 saturated carbocycles. The Morgan fingerprint density at radius 1 is 1.12 bits per heavy atom. The number of Topliss-reactive ketones (excluding diaryl/α,β-unsaturated/α-hetero) is 1. The molecule has 1 aliphatic heterocycles. The van der Waals surface area contributed by atoms with Gasteiger partial charge in [-0.3, -0.25) is 4.79 Å². The highest BCUT2D eigenvalue weighted by Gasteiger charge is 2.29. The second kappa shape index (κ2) is 12.0. The number of aliphatic hydroxyl groups excluding tert-OH is 1. The first kappa shape index (κ1) is 25.0. The number of esters is 2. The van der Waals surface area contributed by atoms with E-state index in [2.05, 4.69) is 6.58 Å². The molecule has 2 aliphatic rings. The van der Waals surface area contributed by atoms with Crippen molar-refractivity contribution in [2.75, 3.05) is 26.4 Å². The fourth-order valence-electron chi connectivity index (χ4n) is 3.31. The Balaban J connectivity index is 1.37. The first-order valence-electron chi connectivity index (χ1n) is 10.8. The van der Waals surface area contributed by atoms with Gasteiger partial charge in [0.25, 0.3) is 0 Å². The predicted molar refractivity (Wildman–Crippen MR) is 124 cm³/mol. The molecule has 0 spiro atoms. The molecule has 176 valence electrons. The van der Waals surface area contributed by atoms with Crippen LogP contribution in [0.5, 0.6) is 0 Å². The van der Waals surface area contributed by atoms with Crippen molar-refractivity contribution < 1.29 is 33.7 Å². The molecule has 1 atom stereocenters. The SMILES string of the molecule is C=C(C)C(=O)OCCCCOCC(O)COC(=O)C1=CC2=C(Cc3ccccc3S2)C(=O)C1. The molecule has 1 aromatic rings. The maximum atomic E-state index is 12.6. The molecule has 1 N–H and O–H groups in total. The van der Waals surface area contributed by atoms with E-state index >= 15 is 0 Å². The molecule has 0 aromatic heterocycles. The van der Waals surface area contributed by atoms with Crippen LogP contribution in [-0.4, -0.2) is 55.4 Å². The minimum atomic E-state index is -0.971. The van der Waals surface area contributed by atoms with E-state index in [9.17, 15) is 19.5 Å². The lowest BCUT2D eigenvalue weighted by Gasteiger charge is -2.24. The van der Waals surface area contributed by atoms with Crippen LogP contribution in [0, 0.1) is 0 Å². The Labute approximate surface area is 197 Å². The van der Waals surface area contributed by atoms with E-state index < -0.39 is 18.0 Å². The summed E-state index contributed by atoms with van der Waals surface area (Å²) in [7, 11) is 0. The van der Waals surface area contributed by atoms with Gasteiger partial charge in [-0.05, 0) is 37.5 Å². The van der Waals surface area contributed by atoms with Gasteiger partial charge in [-0.15, -0.1) is 0 Å². The summed E-state index contributed by atoms with van der Waals surface area (Å²) in [6, 6.07) is 7.91. The summed E-state index contributed by atoms with van der Waals surface area (Å²) in [6.45, 7) is 5.55. The third kappa shape index (κ3) is 7.15. The van der Waals surface area contributed by atoms with Crippen LogP contribution in [0.3, 0.4) is 0 Å². The number of benzene rings is 1. The van der Waals surface area contributed by atoms with Gasteiger partial charge in [-0.1, -0.05) is 36.5 Å². The maximum Gasteiger partial charge on any atom is 0.334 e. The van der Waals surface area contributed by atoms with Crippen LogP contribution in [0.25, 0.3) is 0 Å². The summed E-state index contributed by atoms with van der Waals surface area (Å²) in [4.78, 5) is 38.1. The highest BCUT2D eigenvalue weighted by Crippen LogP contribution is 2.42. The van der Waals surface area contributed by atoms with Crippen molar-refractivity contribution in [2.24, 2.45) is 0 Å². The molecular weight excluding hydrogens is 444 g/mol. The third-order valence-corrected chi connectivity index (χ3v) is 6.30. The van der Waals surface area contributed by atoms with Crippen LogP contribution in [0.1, 0.15) is 31.7 Å². The lowest BCUT2D eigenvalue weighted by atomic mass is 9.92. The van der Waals surface area contributed by atoms with E-state index in [0.717, 1.165) is 20.9 Å². The Kier molecular flexibility index (Phi) is 9.05. The van der Waals surface area contributed by atoms with Crippen molar-refractivity contribution in [3.8, 4) is 0 Å². The Bertz CT molecular complexity index is 992. The lowest BCUT2D eigenvalue weighted by molar-refractivity contribution is -0.144. The van der Waals surface area contributed by atoms with Gasteiger partial charge < -0.3 is 19.3 Å². The Morgan fingerprint density at radius 3 is 2.67 bits per heavy atom. The van der Waals surface area contributed by atoms with Crippen molar-refractivity contribution >= 4 is 29.5 Å². The number of carbonyl (C=O) groups excluding carboxylic acids is 3. The zero-order valence-electron chi connectivity index (χ0n) is 18.6. The van der Waals surface area contributed by atoms with E-state index in [1.54, 1.807) is 13.0 Å². The Morgan fingerprint density at radius 2 is 1.88 bits per heavy atom. The van der Waals surface area contributed by atoms with Gasteiger partial charge in [0.05, 0.1) is 13.2 Å². The number of carbonyl (C=O) groups is 3. The number of ether oxygens (including phenoxy) is 3. The number of allylic oxidation sites excluding steroid dienone is 2. The monoisotopic (exact) mass is 472 g/mol. The van der Waals surface area contributed by atoms with Gasteiger partial charge >= 0.3 is 11.9 Å². The molecule has 0 bridgehead atoms. The number of aliphatic hydroxyl groups is 1. The minimum Gasteiger partial charge on any atom is -0.462 e. The van der Waals surface area contributed by atoms with Crippen molar-refractivity contribution in [3.63, 3.8) is 0 Å². The third-order valence-electron chi connectivity index (χ3n) is 5.09. The van der Waals surface area contributed by atoms with Crippen molar-refractivity contribution in [3.05, 3.63) is 64.1 Å². The average Bonchev–Trinajstić information content (AvgIpc) is 2.80. The second-order valence-electron chi connectivity index (χ2n) is 7.95. The molecular formula is C25H28O7S. The van der Waals surface area contributed by atoms with Gasteiger partial charge in [0.15, 0.2) is 5.78 Å². The van der Waals surface area contributed by atoms with Crippen LogP contribution in [0.4, 0.5) is 0 Å². The molecule has 8 heteroatoms. The van der Waals surface area contributed by atoms with E-state index in [0.29, 0.717) is 37.0 Å². The quantitative estimate of drug-likeness (QED) is 0.298. The molecule has 7 nitrogen and oxygen atoms in total. The number of thioether (sulfide) groups is 1. The summed E-state index contributed by atoms with van der Waals surface area (Å²) < 4.78 is 15.5. The average molecular weight is 473 g/mol. The molecule has 3 rings (SSSR count). The smallest absolute Gasteiger partial charge is 0.334 e. The Hall–Kier alpha value is -2.68. The topological polar surface area (TPSA) is 99.1 Å². The predicted octanol–water partition coefficient (Wildman–Crippen LogP) is 3.31. The van der Waals surface area contributed by atoms with Gasteiger partial charge in [0.2, 0.25) is 0 Å². The summed E-state index contributed by atoms with van der Waals surface area (Å²) in [5.74, 6) is -1.09. The summed E-state index contributed by atoms with van der Waals surface area (Å²) in [5.41, 5.74) is 2.50. The summed E-state index contributed by atoms with van der Waals surface area (Å²) in [5, 5.41) is 10.0. The van der Waals surface area contributed by atoms with Crippen molar-refractivity contribution in [2.45, 2.75) is 43.6 Å². The van der Waals surface area contributed by atoms with Gasteiger partial charge in [-0.25, -0.2) is 9.59 Å². The summed E-state index contributed by atoms with van der Waals surface area (Å²) >= 11 is 1.49. The number of rotatable bonds is 11. The van der Waals surface area contributed by atoms with Crippen molar-refractivity contribution in [1.29, 1.82) is 0 Å². The first-order chi connectivity index (χ1) is 15.8. The van der Waals surface area contributed by atoms with Crippen molar-refractivity contribution in [1.82, 2.24) is 0 Å². The van der Waals surface area contributed by atoms with Crippen LogP contribution >= 0.6 is 11.8 Å². The van der Waals surface area contributed by atoms with E-state index in [4.69, 9.17) is 14.2 Å². The standard InChI is InChI=1S/C25H28O7S/c1-16(2)24(28)31-10-6-5-9-30-14-19(26)15-32-25(29)18-12-21(27)20-11-17-7-3-4-8-22(17)33-23(20)13-18/h3-4,7-8,13,19,26H,1,5-6,9-12,14-15H2,2H3. The fraction of sp³-hybridized carbons (Fsp3) is 0.400. The zero-order chi connectivity index (χ0) is 23.8. The highest BCUT2D eigenvalue weighted by atomic mass is 32.2. The lowest BCUT2D eigenvalue weighted by Crippen LogP contribution is -2.26. The largest absolute Gasteiger partial charge is 0.462 e. The fourth-order valence-corrected chi connectivity index (χ4v) is 4.47. The molecule has 0 amide bonds. The first-order valence-corrected chi connectivity index (χ1v) is 11.6. The van der Waals surface area contributed by atoms with E-state index in [-0.39, 0.29) is 32.0 Å². The van der Waals surface area contributed by atoms with Gasteiger partial charge in [0.1, 0.15) is 12.7 Å². The highest BCUT2D eigenvalue weighted by molar-refractivity contribution is 8.03. The normalized spacial score (nSPS) is 15.8. The number of hydrogen-bond acceptors (Lipinski definition) is 8. The van der Waals surface area contributed by atoms with Gasteiger partial charge in [0, 0.05) is 46.0 Å². The molecule has 1 unspecified atom stereocenters. The number of fused-ring (bicyclic) bond motifs is 1. The van der Waals surface area contributed by atoms with Crippen LogP contribution in [-0.2, 0) is 35.0 Å². The molecule has 0 radical (unpaired) electrons. The van der Waals surface area contributed by atoms with Crippen LogP contribution in [0.2, 0.25) is 0 Å². The maximum absolute atomic E-state index is 12.6. The van der Waals surface area contributed by atoms with Gasteiger partial charge in [-0.2, -0.15) is 0 Å². The molecule has 0 saturated heterocycles. The molecule has 1 aliphatic carbocycles. The van der Waals surface area contributed by atoms with Crippen LogP contribution in [0.15, 0.2) is 63.4 Å². The minimum absolute atomic E-state index is 0.00292. The van der Waals surface area contributed by atoms with E-state index in [1.165, 1.54) is 11.8 Å². The second-order valence-corrected chi connectivity index (χ2v) is 9.03. The molecule has 1 heterocycles. The number of unbranched alkanes of at least 4 members (excludes halogenated alkanes) is 1. The molecule has 33 heavy (non-hydrogen) atoms. The summed E-state index contributed by atoms with van der Waals surface area (Å²) in [6.07, 6.45) is 2.62. The number of hydrogen-bond donors (Lipinski definition) is 1. The molecule has 1 aromatic carbocycles. The number of ketones is 1. The zero-order valence-corrected chi connectivity index (χ0v) is 19.4.